The molecule has 0 atom stereocenters. The molecule has 1 amide bonds. The summed E-state index contributed by atoms with van der Waals surface area (Å²) in [4.78, 5) is 12.4. The van der Waals surface area contributed by atoms with E-state index >= 15 is 0 Å². The summed E-state index contributed by atoms with van der Waals surface area (Å²) >= 11 is 0. The standard InChI is InChI=1S/C23H26N4O3/c1-14(2)11-16-5-7-17(8-6-16)19-13-20(26-25-19)23(29)27-24-15(3)18-9-10-21(28)22(12-18)30-4/h5-10,12-14,28H,11H2,1-4H3,(H,25,26)(H,27,29)/b24-15-. The second-order valence-corrected chi connectivity index (χ2v) is 7.49. The molecule has 3 N–H and O–H groups in total. The van der Waals surface area contributed by atoms with Crippen molar-refractivity contribution in [3.8, 4) is 22.8 Å². The second-order valence-electron chi connectivity index (χ2n) is 7.49. The van der Waals surface area contributed by atoms with Crippen LogP contribution in [0.4, 0.5) is 0 Å². The van der Waals surface area contributed by atoms with Gasteiger partial charge in [0.2, 0.25) is 0 Å². The molecule has 3 rings (SSSR count). The predicted molar refractivity (Wildman–Crippen MR) is 117 cm³/mol. The lowest BCUT2D eigenvalue weighted by atomic mass is 10.0. The summed E-state index contributed by atoms with van der Waals surface area (Å²) < 4.78 is 5.10. The number of ether oxygens (including phenoxy) is 1. The largest absolute Gasteiger partial charge is 0.504 e. The van der Waals surface area contributed by atoms with Crippen LogP contribution in [0.25, 0.3) is 11.3 Å². The van der Waals surface area contributed by atoms with Gasteiger partial charge in [-0.2, -0.15) is 10.2 Å². The van der Waals surface area contributed by atoms with Crippen LogP contribution in [-0.2, 0) is 6.42 Å². The van der Waals surface area contributed by atoms with E-state index in [1.165, 1.54) is 18.7 Å². The minimum absolute atomic E-state index is 0.0420. The smallest absolute Gasteiger partial charge is 0.289 e. The molecule has 0 aliphatic rings. The van der Waals surface area contributed by atoms with Gasteiger partial charge in [0.15, 0.2) is 11.5 Å². The van der Waals surface area contributed by atoms with Crippen LogP contribution < -0.4 is 10.2 Å². The van der Waals surface area contributed by atoms with Crippen LogP contribution >= 0.6 is 0 Å². The van der Waals surface area contributed by atoms with Crippen molar-refractivity contribution in [2.24, 2.45) is 11.0 Å². The van der Waals surface area contributed by atoms with Gasteiger partial charge in [-0.3, -0.25) is 9.89 Å². The average molecular weight is 406 g/mol. The number of carbonyl (C=O) groups is 1. The van der Waals surface area contributed by atoms with E-state index in [0.29, 0.717) is 28.8 Å². The molecule has 1 heterocycles. The fraction of sp³-hybridized carbons (Fsp3) is 0.261. The first kappa shape index (κ1) is 21.1. The third-order valence-electron chi connectivity index (χ3n) is 4.64. The Morgan fingerprint density at radius 1 is 1.20 bits per heavy atom. The van der Waals surface area contributed by atoms with Gasteiger partial charge >= 0.3 is 0 Å². The number of hydrogen-bond acceptors (Lipinski definition) is 5. The highest BCUT2D eigenvalue weighted by Crippen LogP contribution is 2.26. The molecule has 0 bridgehead atoms. The summed E-state index contributed by atoms with van der Waals surface area (Å²) in [6.45, 7) is 6.13. The first-order valence-electron chi connectivity index (χ1n) is 9.74. The maximum absolute atomic E-state index is 12.4. The molecular weight excluding hydrogens is 380 g/mol. The van der Waals surface area contributed by atoms with Crippen LogP contribution in [0.5, 0.6) is 11.5 Å². The third kappa shape index (κ3) is 5.05. The number of aromatic nitrogens is 2. The Labute approximate surface area is 175 Å². The lowest BCUT2D eigenvalue weighted by Gasteiger charge is -2.06. The van der Waals surface area contributed by atoms with E-state index in [4.69, 9.17) is 4.74 Å². The number of methoxy groups -OCH3 is 1. The van der Waals surface area contributed by atoms with E-state index in [9.17, 15) is 9.90 Å². The monoisotopic (exact) mass is 406 g/mol. The average Bonchev–Trinajstić information content (AvgIpc) is 3.22. The fourth-order valence-electron chi connectivity index (χ4n) is 3.03. The van der Waals surface area contributed by atoms with Gasteiger partial charge < -0.3 is 9.84 Å². The lowest BCUT2D eigenvalue weighted by Crippen LogP contribution is -2.19. The van der Waals surface area contributed by atoms with Gasteiger partial charge in [-0.1, -0.05) is 38.1 Å². The first-order chi connectivity index (χ1) is 14.4. The number of carbonyl (C=O) groups excluding carboxylic acids is 1. The maximum Gasteiger partial charge on any atom is 0.289 e. The molecule has 1 aromatic heterocycles. The summed E-state index contributed by atoms with van der Waals surface area (Å²) in [6.07, 6.45) is 1.03. The van der Waals surface area contributed by atoms with Gasteiger partial charge in [-0.05, 0) is 49.1 Å². The number of nitrogens with zero attached hydrogens (tertiary/aromatic N) is 2. The topological polar surface area (TPSA) is 99.6 Å². The Kier molecular flexibility index (Phi) is 6.51. The van der Waals surface area contributed by atoms with Crippen molar-refractivity contribution in [1.82, 2.24) is 15.6 Å². The number of hydrogen-bond donors (Lipinski definition) is 3. The van der Waals surface area contributed by atoms with Crippen LogP contribution in [0.1, 0.15) is 42.4 Å². The summed E-state index contributed by atoms with van der Waals surface area (Å²) in [6, 6.07) is 14.8. The van der Waals surface area contributed by atoms with E-state index in [2.05, 4.69) is 46.7 Å². The van der Waals surface area contributed by atoms with E-state index in [1.807, 2.05) is 12.1 Å². The zero-order valence-corrected chi connectivity index (χ0v) is 17.6. The van der Waals surface area contributed by atoms with Crippen molar-refractivity contribution in [2.75, 3.05) is 7.11 Å². The number of aromatic amines is 1. The molecule has 30 heavy (non-hydrogen) atoms. The number of amides is 1. The number of rotatable bonds is 7. The van der Waals surface area contributed by atoms with E-state index in [1.54, 1.807) is 25.1 Å². The molecule has 0 fully saturated rings. The Balaban J connectivity index is 1.68. The van der Waals surface area contributed by atoms with E-state index in [-0.39, 0.29) is 5.75 Å². The highest BCUT2D eigenvalue weighted by atomic mass is 16.5. The van der Waals surface area contributed by atoms with Gasteiger partial charge in [-0.15, -0.1) is 0 Å². The van der Waals surface area contributed by atoms with Gasteiger partial charge in [0.05, 0.1) is 18.5 Å². The second kappa shape index (κ2) is 9.26. The van der Waals surface area contributed by atoms with Crippen LogP contribution in [0.3, 0.4) is 0 Å². The molecule has 7 nitrogen and oxygen atoms in total. The van der Waals surface area contributed by atoms with Crippen molar-refractivity contribution < 1.29 is 14.6 Å². The molecule has 0 aliphatic carbocycles. The molecular formula is C23H26N4O3. The first-order valence-corrected chi connectivity index (χ1v) is 9.74. The molecule has 156 valence electrons. The molecule has 0 spiro atoms. The molecule has 0 unspecified atom stereocenters. The van der Waals surface area contributed by atoms with Gasteiger partial charge in [0, 0.05) is 11.1 Å². The Morgan fingerprint density at radius 3 is 2.60 bits per heavy atom. The zero-order chi connectivity index (χ0) is 21.7. The summed E-state index contributed by atoms with van der Waals surface area (Å²) in [7, 11) is 1.47. The minimum atomic E-state index is -0.393. The fourth-order valence-corrected chi connectivity index (χ4v) is 3.03. The summed E-state index contributed by atoms with van der Waals surface area (Å²) in [5.41, 5.74) is 7.03. The molecule has 7 heteroatoms. The number of hydrazone groups is 1. The highest BCUT2D eigenvalue weighted by molar-refractivity contribution is 6.01. The number of phenolic OH excluding ortho intramolecular Hbond substituents is 1. The van der Waals surface area contributed by atoms with Crippen LogP contribution in [0.15, 0.2) is 53.6 Å². The van der Waals surface area contributed by atoms with Gasteiger partial charge in [-0.25, -0.2) is 5.43 Å². The summed E-state index contributed by atoms with van der Waals surface area (Å²) in [5.74, 6) is 0.588. The molecule has 2 aromatic carbocycles. The predicted octanol–water partition coefficient (Wildman–Crippen LogP) is 4.14. The molecule has 0 saturated heterocycles. The number of nitrogens with one attached hydrogen (secondary N) is 2. The van der Waals surface area contributed by atoms with Crippen molar-refractivity contribution in [2.45, 2.75) is 27.2 Å². The molecule has 3 aromatic rings. The van der Waals surface area contributed by atoms with Crippen molar-refractivity contribution in [3.63, 3.8) is 0 Å². The van der Waals surface area contributed by atoms with Gasteiger partial charge in [0.25, 0.3) is 5.91 Å². The zero-order valence-electron chi connectivity index (χ0n) is 17.6. The Hall–Kier alpha value is -3.61. The summed E-state index contributed by atoms with van der Waals surface area (Å²) in [5, 5.41) is 20.8. The van der Waals surface area contributed by atoms with Crippen molar-refractivity contribution in [1.29, 1.82) is 0 Å². The number of H-pyrrole nitrogens is 1. The van der Waals surface area contributed by atoms with Crippen LogP contribution in [0, 0.1) is 5.92 Å². The van der Waals surface area contributed by atoms with Crippen molar-refractivity contribution in [3.05, 3.63) is 65.4 Å². The van der Waals surface area contributed by atoms with Crippen LogP contribution in [-0.4, -0.2) is 34.0 Å². The number of benzene rings is 2. The van der Waals surface area contributed by atoms with E-state index < -0.39 is 5.91 Å². The Morgan fingerprint density at radius 2 is 1.93 bits per heavy atom. The molecule has 0 saturated carbocycles. The molecule has 0 radical (unpaired) electrons. The van der Waals surface area contributed by atoms with E-state index in [0.717, 1.165) is 17.5 Å². The maximum atomic E-state index is 12.4. The third-order valence-corrected chi connectivity index (χ3v) is 4.64. The Bertz CT molecular complexity index is 1050. The number of aromatic hydroxyl groups is 1. The molecule has 0 aliphatic heterocycles. The quantitative estimate of drug-likeness (QED) is 0.405. The highest BCUT2D eigenvalue weighted by Gasteiger charge is 2.12. The SMILES string of the molecule is COc1cc(/C(C)=N\NC(=O)c2cc(-c3ccc(CC(C)C)cc3)n[nH]2)ccc1O. The lowest BCUT2D eigenvalue weighted by molar-refractivity contribution is 0.0950. The normalized spacial score (nSPS) is 11.6. The van der Waals surface area contributed by atoms with Crippen molar-refractivity contribution >= 4 is 11.6 Å². The number of phenols is 1. The van der Waals surface area contributed by atoms with Crippen LogP contribution in [0.2, 0.25) is 0 Å². The van der Waals surface area contributed by atoms with Gasteiger partial charge in [0.1, 0.15) is 5.69 Å². The minimum Gasteiger partial charge on any atom is -0.504 e.